The molecule has 1 unspecified atom stereocenters. The number of rotatable bonds is 3. The van der Waals surface area contributed by atoms with Crippen LogP contribution in [0.1, 0.15) is 17.4 Å². The van der Waals surface area contributed by atoms with Gasteiger partial charge in [0.25, 0.3) is 0 Å². The van der Waals surface area contributed by atoms with Gasteiger partial charge in [-0.1, -0.05) is 23.7 Å². The summed E-state index contributed by atoms with van der Waals surface area (Å²) in [6.45, 7) is 0. The van der Waals surface area contributed by atoms with Gasteiger partial charge < -0.3 is 9.73 Å². The lowest BCUT2D eigenvalue weighted by atomic mass is 10.0. The average Bonchev–Trinajstić information content (AvgIpc) is 2.82. The van der Waals surface area contributed by atoms with Crippen molar-refractivity contribution < 1.29 is 8.81 Å². The first-order valence-corrected chi connectivity index (χ1v) is 6.67. The maximum Gasteiger partial charge on any atom is 0.134 e. The molecule has 2 aromatic carbocycles. The number of hydrogen-bond acceptors (Lipinski definition) is 2. The summed E-state index contributed by atoms with van der Waals surface area (Å²) in [7, 11) is 1.82. The summed E-state index contributed by atoms with van der Waals surface area (Å²) in [6.07, 6.45) is 0. The Hall–Kier alpha value is -1.84. The van der Waals surface area contributed by atoms with Gasteiger partial charge in [-0.2, -0.15) is 0 Å². The molecule has 0 aliphatic carbocycles. The van der Waals surface area contributed by atoms with Gasteiger partial charge in [-0.05, 0) is 49.0 Å². The predicted octanol–water partition coefficient (Wildman–Crippen LogP) is 4.53. The van der Waals surface area contributed by atoms with Crippen molar-refractivity contribution in [1.82, 2.24) is 5.32 Å². The number of benzene rings is 2. The van der Waals surface area contributed by atoms with Crippen LogP contribution in [0, 0.1) is 5.82 Å². The number of furan rings is 1. The van der Waals surface area contributed by atoms with E-state index < -0.39 is 0 Å². The second-order valence-electron chi connectivity index (χ2n) is 4.61. The number of hydrogen-bond donors (Lipinski definition) is 1. The van der Waals surface area contributed by atoms with E-state index in [-0.39, 0.29) is 11.9 Å². The normalized spacial score (nSPS) is 12.8. The van der Waals surface area contributed by atoms with Gasteiger partial charge in [0.2, 0.25) is 0 Å². The number of halogens is 2. The lowest BCUT2D eigenvalue weighted by molar-refractivity contribution is 0.490. The highest BCUT2D eigenvalue weighted by Crippen LogP contribution is 2.29. The smallest absolute Gasteiger partial charge is 0.134 e. The van der Waals surface area contributed by atoms with Gasteiger partial charge in [-0.15, -0.1) is 0 Å². The van der Waals surface area contributed by atoms with Crippen molar-refractivity contribution in [2.75, 3.05) is 7.05 Å². The first-order valence-electron chi connectivity index (χ1n) is 6.29. The predicted molar refractivity (Wildman–Crippen MR) is 78.5 cm³/mol. The van der Waals surface area contributed by atoms with E-state index in [4.69, 9.17) is 16.0 Å². The molecule has 3 aromatic rings. The minimum atomic E-state index is -0.262. The van der Waals surface area contributed by atoms with Crippen LogP contribution < -0.4 is 5.32 Å². The zero-order valence-electron chi connectivity index (χ0n) is 10.9. The van der Waals surface area contributed by atoms with Crippen LogP contribution in [0.4, 0.5) is 4.39 Å². The molecule has 0 saturated carbocycles. The van der Waals surface area contributed by atoms with Crippen LogP contribution >= 0.6 is 11.6 Å². The maximum atomic E-state index is 13.4. The molecule has 0 bridgehead atoms. The molecular weight excluding hydrogens is 277 g/mol. The van der Waals surface area contributed by atoms with Gasteiger partial charge >= 0.3 is 0 Å². The van der Waals surface area contributed by atoms with Crippen LogP contribution in [0.2, 0.25) is 5.02 Å². The van der Waals surface area contributed by atoms with Crippen molar-refractivity contribution in [2.24, 2.45) is 0 Å². The van der Waals surface area contributed by atoms with E-state index in [0.717, 1.165) is 22.3 Å². The zero-order chi connectivity index (χ0) is 14.1. The van der Waals surface area contributed by atoms with E-state index in [0.29, 0.717) is 5.02 Å². The van der Waals surface area contributed by atoms with Crippen LogP contribution in [0.3, 0.4) is 0 Å². The molecule has 1 atom stereocenters. The summed E-state index contributed by atoms with van der Waals surface area (Å²) in [4.78, 5) is 0. The van der Waals surface area contributed by atoms with Crippen molar-refractivity contribution >= 4 is 22.6 Å². The maximum absolute atomic E-state index is 13.4. The number of fused-ring (bicyclic) bond motifs is 1. The summed E-state index contributed by atoms with van der Waals surface area (Å²) in [5.74, 6) is 0.470. The summed E-state index contributed by atoms with van der Waals surface area (Å²) in [5.41, 5.74) is 1.58. The second-order valence-corrected chi connectivity index (χ2v) is 5.04. The lowest BCUT2D eigenvalue weighted by Crippen LogP contribution is -2.17. The molecule has 1 aromatic heterocycles. The Morgan fingerprint density at radius 1 is 1.15 bits per heavy atom. The van der Waals surface area contributed by atoms with Gasteiger partial charge in [-0.25, -0.2) is 4.39 Å². The van der Waals surface area contributed by atoms with Crippen LogP contribution in [0.5, 0.6) is 0 Å². The molecule has 20 heavy (non-hydrogen) atoms. The largest absolute Gasteiger partial charge is 0.459 e. The Kier molecular flexibility index (Phi) is 3.47. The molecule has 102 valence electrons. The van der Waals surface area contributed by atoms with Gasteiger partial charge in [0, 0.05) is 10.4 Å². The fourth-order valence-electron chi connectivity index (χ4n) is 2.34. The van der Waals surface area contributed by atoms with Crippen LogP contribution in [0.15, 0.2) is 52.9 Å². The quantitative estimate of drug-likeness (QED) is 0.766. The molecule has 1 heterocycles. The third-order valence-electron chi connectivity index (χ3n) is 3.25. The Bertz CT molecular complexity index is 753. The van der Waals surface area contributed by atoms with Crippen molar-refractivity contribution in [3.63, 3.8) is 0 Å². The van der Waals surface area contributed by atoms with Crippen LogP contribution in [-0.4, -0.2) is 7.05 Å². The molecule has 0 radical (unpaired) electrons. The molecule has 0 fully saturated rings. The van der Waals surface area contributed by atoms with E-state index in [1.807, 2.05) is 31.3 Å². The fraction of sp³-hybridized carbons (Fsp3) is 0.125. The highest BCUT2D eigenvalue weighted by molar-refractivity contribution is 6.31. The van der Waals surface area contributed by atoms with Crippen molar-refractivity contribution in [2.45, 2.75) is 6.04 Å². The minimum Gasteiger partial charge on any atom is -0.459 e. The average molecular weight is 290 g/mol. The summed E-state index contributed by atoms with van der Waals surface area (Å²) in [5, 5.41) is 4.74. The van der Waals surface area contributed by atoms with E-state index in [9.17, 15) is 4.39 Å². The van der Waals surface area contributed by atoms with Crippen molar-refractivity contribution in [3.05, 3.63) is 70.7 Å². The Morgan fingerprint density at radius 2 is 2.00 bits per heavy atom. The molecule has 0 saturated heterocycles. The second kappa shape index (κ2) is 5.27. The third kappa shape index (κ3) is 2.42. The highest BCUT2D eigenvalue weighted by atomic mass is 35.5. The molecule has 0 aliphatic rings. The molecular formula is C16H13ClFNO. The Labute approximate surface area is 121 Å². The van der Waals surface area contributed by atoms with Gasteiger partial charge in [-0.3, -0.25) is 0 Å². The van der Waals surface area contributed by atoms with Gasteiger partial charge in [0.1, 0.15) is 17.2 Å². The summed E-state index contributed by atoms with van der Waals surface area (Å²) < 4.78 is 19.2. The lowest BCUT2D eigenvalue weighted by Gasteiger charge is -2.13. The number of nitrogens with one attached hydrogen (secondary N) is 1. The molecule has 0 spiro atoms. The van der Waals surface area contributed by atoms with Crippen molar-refractivity contribution in [1.29, 1.82) is 0 Å². The SMILES string of the molecule is CNC(c1cccc(F)c1)c1cc2cc(Cl)ccc2o1. The van der Waals surface area contributed by atoms with Gasteiger partial charge in [0.05, 0.1) is 6.04 Å². The molecule has 4 heteroatoms. The van der Waals surface area contributed by atoms with E-state index >= 15 is 0 Å². The fourth-order valence-corrected chi connectivity index (χ4v) is 2.52. The van der Waals surface area contributed by atoms with E-state index in [1.54, 1.807) is 12.1 Å². The highest BCUT2D eigenvalue weighted by Gasteiger charge is 2.17. The monoisotopic (exact) mass is 289 g/mol. The van der Waals surface area contributed by atoms with Crippen LogP contribution in [0.25, 0.3) is 11.0 Å². The molecule has 0 aliphatic heterocycles. The first kappa shape index (κ1) is 13.2. The summed E-state index contributed by atoms with van der Waals surface area (Å²) >= 11 is 5.97. The Morgan fingerprint density at radius 3 is 2.75 bits per heavy atom. The molecule has 0 amide bonds. The minimum absolute atomic E-state index is 0.197. The van der Waals surface area contributed by atoms with E-state index in [1.165, 1.54) is 12.1 Å². The topological polar surface area (TPSA) is 25.2 Å². The summed E-state index contributed by atoms with van der Waals surface area (Å²) in [6, 6.07) is 13.7. The molecule has 2 nitrogen and oxygen atoms in total. The zero-order valence-corrected chi connectivity index (χ0v) is 11.6. The Balaban J connectivity index is 2.07. The first-order chi connectivity index (χ1) is 9.67. The molecule has 3 rings (SSSR count). The van der Waals surface area contributed by atoms with Gasteiger partial charge in [0.15, 0.2) is 0 Å². The van der Waals surface area contributed by atoms with Crippen molar-refractivity contribution in [3.8, 4) is 0 Å². The standard InChI is InChI=1S/C16H13ClFNO/c1-19-16(10-3-2-4-13(18)8-10)15-9-11-7-12(17)5-6-14(11)20-15/h2-9,16,19H,1H3. The third-order valence-corrected chi connectivity index (χ3v) is 3.49. The molecule has 1 N–H and O–H groups in total. The van der Waals surface area contributed by atoms with Crippen LogP contribution in [-0.2, 0) is 0 Å². The van der Waals surface area contributed by atoms with E-state index in [2.05, 4.69) is 5.32 Å².